The van der Waals surface area contributed by atoms with Crippen LogP contribution in [0.5, 0.6) is 0 Å². The molecule has 3 heterocycles. The lowest BCUT2D eigenvalue weighted by molar-refractivity contribution is -0.0594. The van der Waals surface area contributed by atoms with Crippen molar-refractivity contribution in [3.63, 3.8) is 0 Å². The SMILES string of the molecule is c1ccc2c(c1)CCC21CN(c2ccc3nnnn3n2)CCO1. The van der Waals surface area contributed by atoms with Crippen molar-refractivity contribution in [1.82, 2.24) is 25.3 Å². The van der Waals surface area contributed by atoms with Crippen molar-refractivity contribution in [2.75, 3.05) is 24.6 Å². The third-order valence-corrected chi connectivity index (χ3v) is 4.87. The average Bonchev–Trinajstić information content (AvgIpc) is 3.20. The van der Waals surface area contributed by atoms with Gasteiger partial charge in [-0.05, 0) is 46.5 Å². The Bertz CT molecular complexity index is 874. The monoisotopic (exact) mass is 308 g/mol. The molecule has 23 heavy (non-hydrogen) atoms. The van der Waals surface area contributed by atoms with Gasteiger partial charge in [0.25, 0.3) is 0 Å². The first-order valence-electron chi connectivity index (χ1n) is 7.87. The minimum absolute atomic E-state index is 0.216. The summed E-state index contributed by atoms with van der Waals surface area (Å²) >= 11 is 0. The summed E-state index contributed by atoms with van der Waals surface area (Å²) in [6, 6.07) is 12.5. The standard InChI is InChI=1S/C16H16N6O/c1-2-4-13-12(3-1)7-8-16(13)11-21(9-10-23-16)15-6-5-14-17-19-20-22(14)18-15/h1-6H,7-11H2. The highest BCUT2D eigenvalue weighted by atomic mass is 16.5. The Labute approximate surface area is 132 Å². The van der Waals surface area contributed by atoms with Crippen LogP contribution in [0.2, 0.25) is 0 Å². The quantitative estimate of drug-likeness (QED) is 0.673. The molecule has 116 valence electrons. The maximum atomic E-state index is 6.26. The van der Waals surface area contributed by atoms with Crippen LogP contribution in [0.1, 0.15) is 17.5 Å². The highest BCUT2D eigenvalue weighted by Crippen LogP contribution is 2.42. The molecular weight excluding hydrogens is 292 g/mol. The Hall–Kier alpha value is -2.54. The Morgan fingerprint density at radius 3 is 3.09 bits per heavy atom. The number of nitrogens with zero attached hydrogens (tertiary/aromatic N) is 6. The van der Waals surface area contributed by atoms with Gasteiger partial charge < -0.3 is 9.64 Å². The zero-order valence-electron chi connectivity index (χ0n) is 12.6. The summed E-state index contributed by atoms with van der Waals surface area (Å²) in [7, 11) is 0. The number of anilines is 1. The molecule has 0 radical (unpaired) electrons. The van der Waals surface area contributed by atoms with Gasteiger partial charge >= 0.3 is 0 Å². The predicted octanol–water partition coefficient (Wildman–Crippen LogP) is 1.20. The van der Waals surface area contributed by atoms with Crippen LogP contribution in [0.3, 0.4) is 0 Å². The molecule has 7 heteroatoms. The maximum absolute atomic E-state index is 6.26. The van der Waals surface area contributed by atoms with Gasteiger partial charge in [-0.1, -0.05) is 24.3 Å². The highest BCUT2D eigenvalue weighted by Gasteiger charge is 2.43. The van der Waals surface area contributed by atoms with Crippen LogP contribution in [-0.4, -0.2) is 45.0 Å². The molecule has 1 saturated heterocycles. The average molecular weight is 308 g/mol. The third kappa shape index (κ3) is 1.93. The topological polar surface area (TPSA) is 68.4 Å². The number of aryl methyl sites for hydroxylation is 1. The molecule has 7 nitrogen and oxygen atoms in total. The summed E-state index contributed by atoms with van der Waals surface area (Å²) in [6.07, 6.45) is 2.10. The molecule has 1 aliphatic carbocycles. The number of aromatic nitrogens is 5. The lowest BCUT2D eigenvalue weighted by Crippen LogP contribution is -2.49. The van der Waals surface area contributed by atoms with Crippen LogP contribution in [0.25, 0.3) is 5.65 Å². The van der Waals surface area contributed by atoms with E-state index in [-0.39, 0.29) is 5.60 Å². The van der Waals surface area contributed by atoms with Gasteiger partial charge in [0.15, 0.2) is 11.5 Å². The summed E-state index contributed by atoms with van der Waals surface area (Å²) < 4.78 is 7.73. The maximum Gasteiger partial charge on any atom is 0.200 e. The highest BCUT2D eigenvalue weighted by molar-refractivity contribution is 5.47. The summed E-state index contributed by atoms with van der Waals surface area (Å²) in [6.45, 7) is 2.33. The van der Waals surface area contributed by atoms with Crippen molar-refractivity contribution >= 4 is 11.5 Å². The summed E-state index contributed by atoms with van der Waals surface area (Å²) in [5.41, 5.74) is 3.17. The van der Waals surface area contributed by atoms with Crippen molar-refractivity contribution in [2.24, 2.45) is 0 Å². The van der Waals surface area contributed by atoms with Crippen molar-refractivity contribution < 1.29 is 4.74 Å². The number of ether oxygens (including phenoxy) is 1. The number of fused-ring (bicyclic) bond motifs is 3. The zero-order valence-corrected chi connectivity index (χ0v) is 12.6. The van der Waals surface area contributed by atoms with Crippen LogP contribution in [0, 0.1) is 0 Å². The van der Waals surface area contributed by atoms with Crippen molar-refractivity contribution in [1.29, 1.82) is 0 Å². The Balaban J connectivity index is 1.51. The van der Waals surface area contributed by atoms with E-state index in [1.54, 1.807) is 0 Å². The minimum Gasteiger partial charge on any atom is -0.367 e. The number of hydrogen-bond acceptors (Lipinski definition) is 6. The fraction of sp³-hybridized carbons (Fsp3) is 0.375. The second-order valence-corrected chi connectivity index (χ2v) is 6.14. The molecule has 5 rings (SSSR count). The van der Waals surface area contributed by atoms with E-state index >= 15 is 0 Å². The first-order chi connectivity index (χ1) is 11.3. The lowest BCUT2D eigenvalue weighted by Gasteiger charge is -2.41. The van der Waals surface area contributed by atoms with Gasteiger partial charge in [0.1, 0.15) is 5.60 Å². The van der Waals surface area contributed by atoms with Crippen molar-refractivity contribution in [3.05, 3.63) is 47.5 Å². The number of rotatable bonds is 1. The molecular formula is C16H16N6O. The van der Waals surface area contributed by atoms with E-state index in [2.05, 4.69) is 49.8 Å². The van der Waals surface area contributed by atoms with Crippen molar-refractivity contribution in [3.8, 4) is 0 Å². The van der Waals surface area contributed by atoms with Crippen LogP contribution in [0.4, 0.5) is 5.82 Å². The van der Waals surface area contributed by atoms with Crippen molar-refractivity contribution in [2.45, 2.75) is 18.4 Å². The van der Waals surface area contributed by atoms with Crippen LogP contribution < -0.4 is 4.90 Å². The molecule has 0 saturated carbocycles. The molecule has 2 aromatic heterocycles. The minimum atomic E-state index is -0.216. The smallest absolute Gasteiger partial charge is 0.200 e. The number of tetrazole rings is 1. The molecule has 1 atom stereocenters. The number of morpholine rings is 1. The van der Waals surface area contributed by atoms with Gasteiger partial charge in [-0.3, -0.25) is 0 Å². The Morgan fingerprint density at radius 2 is 2.09 bits per heavy atom. The van der Waals surface area contributed by atoms with Crippen LogP contribution in [0.15, 0.2) is 36.4 Å². The largest absolute Gasteiger partial charge is 0.367 e. The Morgan fingerprint density at radius 1 is 1.13 bits per heavy atom. The van der Waals surface area contributed by atoms with Gasteiger partial charge in [0.05, 0.1) is 13.2 Å². The Kier molecular flexibility index (Phi) is 2.66. The van der Waals surface area contributed by atoms with E-state index < -0.39 is 0 Å². The van der Waals surface area contributed by atoms with E-state index in [9.17, 15) is 0 Å². The molecule has 0 N–H and O–H groups in total. The van der Waals surface area contributed by atoms with Gasteiger partial charge in [-0.15, -0.1) is 14.8 Å². The van der Waals surface area contributed by atoms with E-state index in [0.29, 0.717) is 12.3 Å². The van der Waals surface area contributed by atoms with Crippen LogP contribution in [-0.2, 0) is 16.8 Å². The van der Waals surface area contributed by atoms with Gasteiger partial charge in [0, 0.05) is 6.54 Å². The van der Waals surface area contributed by atoms with E-state index in [1.165, 1.54) is 15.8 Å². The normalized spacial score (nSPS) is 23.6. The molecule has 1 unspecified atom stereocenters. The molecule has 1 fully saturated rings. The zero-order chi connectivity index (χ0) is 15.3. The van der Waals surface area contributed by atoms with E-state index in [4.69, 9.17) is 4.74 Å². The summed E-state index contributed by atoms with van der Waals surface area (Å²) in [4.78, 5) is 2.27. The molecule has 1 aliphatic heterocycles. The molecule has 0 amide bonds. The molecule has 2 aliphatic rings. The first-order valence-corrected chi connectivity index (χ1v) is 7.87. The summed E-state index contributed by atoms with van der Waals surface area (Å²) in [5, 5.41) is 16.0. The number of benzene rings is 1. The number of hydrogen-bond donors (Lipinski definition) is 0. The molecule has 1 spiro atoms. The molecule has 0 bridgehead atoms. The summed E-state index contributed by atoms with van der Waals surface area (Å²) in [5.74, 6) is 0.886. The second kappa shape index (κ2) is 4.73. The van der Waals surface area contributed by atoms with Crippen LogP contribution >= 0.6 is 0 Å². The third-order valence-electron chi connectivity index (χ3n) is 4.87. The van der Waals surface area contributed by atoms with Gasteiger partial charge in [0.2, 0.25) is 0 Å². The molecule has 3 aromatic rings. The predicted molar refractivity (Wildman–Crippen MR) is 83.2 cm³/mol. The first kappa shape index (κ1) is 13.0. The second-order valence-electron chi connectivity index (χ2n) is 6.14. The van der Waals surface area contributed by atoms with E-state index in [1.807, 2.05) is 12.1 Å². The fourth-order valence-corrected chi connectivity index (χ4v) is 3.76. The van der Waals surface area contributed by atoms with Gasteiger partial charge in [-0.25, -0.2) is 0 Å². The van der Waals surface area contributed by atoms with Gasteiger partial charge in [-0.2, -0.15) is 0 Å². The fourth-order valence-electron chi connectivity index (χ4n) is 3.76. The molecule has 1 aromatic carbocycles. The lowest BCUT2D eigenvalue weighted by atomic mass is 9.93. The van der Waals surface area contributed by atoms with E-state index in [0.717, 1.165) is 31.7 Å².